The monoisotopic (exact) mass is 256 g/mol. The molecule has 0 aliphatic carbocycles. The fourth-order valence-electron chi connectivity index (χ4n) is 1.43. The van der Waals surface area contributed by atoms with Gasteiger partial charge >= 0.3 is 0 Å². The summed E-state index contributed by atoms with van der Waals surface area (Å²) >= 11 is 11.8. The van der Waals surface area contributed by atoms with Crippen molar-refractivity contribution in [2.24, 2.45) is 7.05 Å². The number of anilines is 1. The lowest BCUT2D eigenvalue weighted by molar-refractivity contribution is 0.925. The molecule has 2 aromatic rings. The summed E-state index contributed by atoms with van der Waals surface area (Å²) in [5.74, 6) is 1.43. The second-order valence-corrected chi connectivity index (χ2v) is 4.10. The SMILES string of the molecule is CNc1nnc(-c2ccc(Cl)c(Cl)c2)n1C. The molecule has 0 aliphatic rings. The average molecular weight is 257 g/mol. The fraction of sp³-hybridized carbons (Fsp3) is 0.200. The molecule has 84 valence electrons. The van der Waals surface area contributed by atoms with Crippen molar-refractivity contribution in [2.75, 3.05) is 12.4 Å². The van der Waals surface area contributed by atoms with Crippen molar-refractivity contribution in [3.8, 4) is 11.4 Å². The predicted octanol–water partition coefficient (Wildman–Crippen LogP) is 2.83. The maximum absolute atomic E-state index is 5.95. The van der Waals surface area contributed by atoms with Crippen LogP contribution in [0.1, 0.15) is 0 Å². The molecular weight excluding hydrogens is 247 g/mol. The number of halogens is 2. The Morgan fingerprint density at radius 3 is 2.50 bits per heavy atom. The Morgan fingerprint density at radius 2 is 1.94 bits per heavy atom. The van der Waals surface area contributed by atoms with Crippen molar-refractivity contribution in [1.82, 2.24) is 14.8 Å². The molecule has 0 radical (unpaired) electrons. The van der Waals surface area contributed by atoms with Gasteiger partial charge in [0, 0.05) is 19.7 Å². The summed E-state index contributed by atoms with van der Waals surface area (Å²) < 4.78 is 1.85. The van der Waals surface area contributed by atoms with E-state index in [-0.39, 0.29) is 0 Å². The normalized spacial score (nSPS) is 10.5. The lowest BCUT2D eigenvalue weighted by Gasteiger charge is -2.04. The first-order chi connectivity index (χ1) is 7.63. The van der Waals surface area contributed by atoms with Gasteiger partial charge in [-0.3, -0.25) is 4.57 Å². The molecule has 1 heterocycles. The molecular formula is C10H10Cl2N4. The van der Waals surface area contributed by atoms with Gasteiger partial charge in [0.2, 0.25) is 5.95 Å². The van der Waals surface area contributed by atoms with Crippen molar-refractivity contribution in [3.63, 3.8) is 0 Å². The highest BCUT2D eigenvalue weighted by molar-refractivity contribution is 6.42. The van der Waals surface area contributed by atoms with Crippen LogP contribution in [0.15, 0.2) is 18.2 Å². The molecule has 16 heavy (non-hydrogen) atoms. The van der Waals surface area contributed by atoms with Crippen LogP contribution in [0.25, 0.3) is 11.4 Å². The molecule has 0 spiro atoms. The van der Waals surface area contributed by atoms with Gasteiger partial charge in [-0.1, -0.05) is 23.2 Å². The smallest absolute Gasteiger partial charge is 0.224 e. The maximum Gasteiger partial charge on any atom is 0.224 e. The van der Waals surface area contributed by atoms with Crippen LogP contribution >= 0.6 is 23.2 Å². The van der Waals surface area contributed by atoms with Crippen LogP contribution in [-0.2, 0) is 7.05 Å². The Kier molecular flexibility index (Phi) is 3.03. The molecule has 0 atom stereocenters. The molecule has 6 heteroatoms. The summed E-state index contributed by atoms with van der Waals surface area (Å²) in [6, 6.07) is 5.37. The fourth-order valence-corrected chi connectivity index (χ4v) is 1.73. The Hall–Kier alpha value is -1.26. The number of rotatable bonds is 2. The topological polar surface area (TPSA) is 42.7 Å². The minimum absolute atomic E-state index is 0.508. The van der Waals surface area contributed by atoms with Gasteiger partial charge in [-0.15, -0.1) is 10.2 Å². The van der Waals surface area contributed by atoms with Crippen molar-refractivity contribution >= 4 is 29.2 Å². The highest BCUT2D eigenvalue weighted by Crippen LogP contribution is 2.27. The zero-order valence-corrected chi connectivity index (χ0v) is 10.3. The summed E-state index contributed by atoms with van der Waals surface area (Å²) in [7, 11) is 3.67. The van der Waals surface area contributed by atoms with Crippen LogP contribution in [0.2, 0.25) is 10.0 Å². The second kappa shape index (κ2) is 4.31. The zero-order valence-electron chi connectivity index (χ0n) is 8.83. The van der Waals surface area contributed by atoms with E-state index >= 15 is 0 Å². The van der Waals surface area contributed by atoms with E-state index in [4.69, 9.17) is 23.2 Å². The quantitative estimate of drug-likeness (QED) is 0.899. The maximum atomic E-state index is 5.95. The standard InChI is InChI=1S/C10H10Cl2N4/c1-13-10-15-14-9(16(10)2)6-3-4-7(11)8(12)5-6/h3-5H,1-2H3,(H,13,15). The summed E-state index contributed by atoms with van der Waals surface area (Å²) in [6.07, 6.45) is 0. The summed E-state index contributed by atoms with van der Waals surface area (Å²) in [5.41, 5.74) is 0.880. The van der Waals surface area contributed by atoms with Gasteiger partial charge < -0.3 is 5.32 Å². The van der Waals surface area contributed by atoms with Crippen LogP contribution in [-0.4, -0.2) is 21.8 Å². The Morgan fingerprint density at radius 1 is 1.19 bits per heavy atom. The predicted molar refractivity (Wildman–Crippen MR) is 66.0 cm³/mol. The largest absolute Gasteiger partial charge is 0.357 e. The number of hydrogen-bond donors (Lipinski definition) is 1. The summed E-state index contributed by atoms with van der Waals surface area (Å²) in [5, 5.41) is 12.0. The summed E-state index contributed by atoms with van der Waals surface area (Å²) in [6.45, 7) is 0. The molecule has 2 rings (SSSR count). The summed E-state index contributed by atoms with van der Waals surface area (Å²) in [4.78, 5) is 0. The zero-order chi connectivity index (χ0) is 11.7. The van der Waals surface area contributed by atoms with Crippen LogP contribution in [0, 0.1) is 0 Å². The highest BCUT2D eigenvalue weighted by atomic mass is 35.5. The van der Waals surface area contributed by atoms with Gasteiger partial charge in [0.25, 0.3) is 0 Å². The van der Waals surface area contributed by atoms with Crippen molar-refractivity contribution in [3.05, 3.63) is 28.2 Å². The lowest BCUT2D eigenvalue weighted by Crippen LogP contribution is -1.99. The van der Waals surface area contributed by atoms with E-state index in [1.165, 1.54) is 0 Å². The number of hydrogen-bond acceptors (Lipinski definition) is 3. The van der Waals surface area contributed by atoms with Crippen molar-refractivity contribution < 1.29 is 0 Å². The number of aromatic nitrogens is 3. The molecule has 0 saturated carbocycles. The minimum atomic E-state index is 0.508. The van der Waals surface area contributed by atoms with E-state index in [1.807, 2.05) is 17.7 Å². The molecule has 1 N–H and O–H groups in total. The van der Waals surface area contributed by atoms with Crippen LogP contribution in [0.5, 0.6) is 0 Å². The van der Waals surface area contributed by atoms with Gasteiger partial charge in [-0.05, 0) is 18.2 Å². The molecule has 4 nitrogen and oxygen atoms in total. The third-order valence-corrected chi connectivity index (χ3v) is 3.02. The minimum Gasteiger partial charge on any atom is -0.357 e. The Labute approximate surface area is 103 Å². The van der Waals surface area contributed by atoms with E-state index in [0.29, 0.717) is 16.0 Å². The van der Waals surface area contributed by atoms with Gasteiger partial charge in [0.15, 0.2) is 5.82 Å². The van der Waals surface area contributed by atoms with Gasteiger partial charge in [0.05, 0.1) is 10.0 Å². The Balaban J connectivity index is 2.50. The van der Waals surface area contributed by atoms with Crippen molar-refractivity contribution in [1.29, 1.82) is 0 Å². The molecule has 0 fully saturated rings. The van der Waals surface area contributed by atoms with Gasteiger partial charge in [0.1, 0.15) is 0 Å². The third-order valence-electron chi connectivity index (χ3n) is 2.28. The molecule has 1 aromatic heterocycles. The Bertz CT molecular complexity index is 522. The molecule has 1 aromatic carbocycles. The number of benzene rings is 1. The van der Waals surface area contributed by atoms with Crippen LogP contribution in [0.3, 0.4) is 0 Å². The third kappa shape index (κ3) is 1.86. The first kappa shape index (κ1) is 11.2. The van der Waals surface area contributed by atoms with Crippen LogP contribution in [0.4, 0.5) is 5.95 Å². The van der Waals surface area contributed by atoms with E-state index in [9.17, 15) is 0 Å². The van der Waals surface area contributed by atoms with E-state index in [1.54, 1.807) is 19.2 Å². The van der Waals surface area contributed by atoms with Crippen molar-refractivity contribution in [2.45, 2.75) is 0 Å². The van der Waals surface area contributed by atoms with Gasteiger partial charge in [-0.25, -0.2) is 0 Å². The molecule has 0 amide bonds. The molecule has 0 bridgehead atoms. The lowest BCUT2D eigenvalue weighted by atomic mass is 10.2. The first-order valence-corrected chi connectivity index (χ1v) is 5.41. The molecule has 0 unspecified atom stereocenters. The van der Waals surface area contributed by atoms with Crippen LogP contribution < -0.4 is 5.32 Å². The molecule has 0 saturated heterocycles. The van der Waals surface area contributed by atoms with E-state index < -0.39 is 0 Å². The van der Waals surface area contributed by atoms with E-state index in [0.717, 1.165) is 11.4 Å². The number of nitrogens with zero attached hydrogens (tertiary/aromatic N) is 3. The first-order valence-electron chi connectivity index (χ1n) is 4.66. The van der Waals surface area contributed by atoms with E-state index in [2.05, 4.69) is 15.5 Å². The van der Waals surface area contributed by atoms with Gasteiger partial charge in [-0.2, -0.15) is 0 Å². The average Bonchev–Trinajstić information content (AvgIpc) is 2.64. The highest BCUT2D eigenvalue weighted by Gasteiger charge is 2.10. The molecule has 0 aliphatic heterocycles. The second-order valence-electron chi connectivity index (χ2n) is 3.29. The number of nitrogens with one attached hydrogen (secondary N) is 1.